The van der Waals surface area contributed by atoms with Gasteiger partial charge >= 0.3 is 0 Å². The Kier molecular flexibility index (Phi) is 2.15. The van der Waals surface area contributed by atoms with Crippen molar-refractivity contribution < 1.29 is 9.47 Å². The first-order valence-corrected chi connectivity index (χ1v) is 5.27. The third-order valence-electron chi connectivity index (χ3n) is 2.19. The highest BCUT2D eigenvalue weighted by Crippen LogP contribution is 2.43. The van der Waals surface area contributed by atoms with E-state index >= 15 is 0 Å². The van der Waals surface area contributed by atoms with Gasteiger partial charge in [-0.25, -0.2) is 0 Å². The molecule has 1 aliphatic heterocycles. The first-order chi connectivity index (χ1) is 7.86. The molecule has 0 amide bonds. The lowest BCUT2D eigenvalue weighted by atomic mass is 10.3. The molecule has 0 radical (unpaired) electrons. The summed E-state index contributed by atoms with van der Waals surface area (Å²) in [5.41, 5.74) is 0.656. The van der Waals surface area contributed by atoms with Crippen molar-refractivity contribution in [2.75, 3.05) is 0 Å². The number of fused-ring (bicyclic) bond motifs is 2. The summed E-state index contributed by atoms with van der Waals surface area (Å²) in [6.45, 7) is 0. The molecule has 4 nitrogen and oxygen atoms in total. The molecule has 0 bridgehead atoms. The second-order valence-corrected chi connectivity index (χ2v) is 3.56. The average Bonchev–Trinajstić information content (AvgIpc) is 2.35. The number of aromatic nitrogens is 2. The Balaban J connectivity index is 2.05. The van der Waals surface area contributed by atoms with Crippen LogP contribution in [0, 0.1) is 0 Å². The van der Waals surface area contributed by atoms with Gasteiger partial charge in [0.05, 0.1) is 11.6 Å². The number of para-hydroxylation sites is 2. The maximum Gasteiger partial charge on any atom is 0.282 e. The number of halogens is 1. The van der Waals surface area contributed by atoms with Crippen LogP contribution in [0.25, 0.3) is 0 Å². The Morgan fingerprint density at radius 3 is 2.50 bits per heavy atom. The van der Waals surface area contributed by atoms with E-state index in [1.54, 1.807) is 6.07 Å². The average molecular weight is 235 g/mol. The highest BCUT2D eigenvalue weighted by molar-refractivity contribution is 6.16. The summed E-state index contributed by atoms with van der Waals surface area (Å²) in [4.78, 5) is 0. The molecule has 3 rings (SSSR count). The third kappa shape index (κ3) is 1.47. The van der Waals surface area contributed by atoms with Crippen LogP contribution in [0.5, 0.6) is 23.1 Å². The number of ether oxygens (including phenoxy) is 2. The molecule has 0 atom stereocenters. The second-order valence-electron chi connectivity index (χ2n) is 3.29. The zero-order chi connectivity index (χ0) is 11.0. The molecule has 5 heteroatoms. The summed E-state index contributed by atoms with van der Waals surface area (Å²) in [5.74, 6) is 2.52. The molecule has 1 aromatic carbocycles. The zero-order valence-corrected chi connectivity index (χ0v) is 8.94. The fourth-order valence-corrected chi connectivity index (χ4v) is 1.58. The number of rotatable bonds is 1. The van der Waals surface area contributed by atoms with Crippen LogP contribution in [0.4, 0.5) is 0 Å². The normalized spacial score (nSPS) is 12.1. The van der Waals surface area contributed by atoms with Crippen molar-refractivity contribution in [1.29, 1.82) is 0 Å². The Morgan fingerprint density at radius 2 is 1.75 bits per heavy atom. The van der Waals surface area contributed by atoms with E-state index in [-0.39, 0.29) is 0 Å². The molecule has 0 spiro atoms. The quantitative estimate of drug-likeness (QED) is 0.607. The van der Waals surface area contributed by atoms with Crippen LogP contribution in [0.1, 0.15) is 5.69 Å². The fourth-order valence-electron chi connectivity index (χ4n) is 1.45. The van der Waals surface area contributed by atoms with Crippen LogP contribution in [-0.2, 0) is 5.88 Å². The smallest absolute Gasteiger partial charge is 0.282 e. The number of alkyl halides is 1. The molecular formula is C11H7ClN2O2. The predicted molar refractivity (Wildman–Crippen MR) is 58.2 cm³/mol. The van der Waals surface area contributed by atoms with Gasteiger partial charge in [0, 0.05) is 6.07 Å². The van der Waals surface area contributed by atoms with Gasteiger partial charge in [0.2, 0.25) is 0 Å². The van der Waals surface area contributed by atoms with E-state index in [0.29, 0.717) is 34.7 Å². The second kappa shape index (κ2) is 3.64. The molecule has 1 aromatic heterocycles. The summed E-state index contributed by atoms with van der Waals surface area (Å²) in [7, 11) is 0. The highest BCUT2D eigenvalue weighted by Gasteiger charge is 2.20. The predicted octanol–water partition coefficient (Wildman–Crippen LogP) is 3.11. The largest absolute Gasteiger partial charge is 0.448 e. The van der Waals surface area contributed by atoms with Gasteiger partial charge in [0.1, 0.15) is 0 Å². The van der Waals surface area contributed by atoms with Crippen molar-refractivity contribution in [3.8, 4) is 23.1 Å². The summed E-state index contributed by atoms with van der Waals surface area (Å²) in [6.07, 6.45) is 0. The van der Waals surface area contributed by atoms with E-state index in [0.717, 1.165) is 0 Å². The molecule has 0 fully saturated rings. The molecule has 0 aliphatic carbocycles. The van der Waals surface area contributed by atoms with Crippen molar-refractivity contribution in [1.82, 2.24) is 10.2 Å². The monoisotopic (exact) mass is 234 g/mol. The Bertz CT molecular complexity index is 545. The molecule has 2 aromatic rings. The van der Waals surface area contributed by atoms with Crippen molar-refractivity contribution in [2.45, 2.75) is 5.88 Å². The summed E-state index contributed by atoms with van der Waals surface area (Å²) >= 11 is 5.67. The van der Waals surface area contributed by atoms with Gasteiger partial charge in [-0.05, 0) is 12.1 Å². The molecule has 0 saturated heterocycles. The van der Waals surface area contributed by atoms with Crippen molar-refractivity contribution in [2.24, 2.45) is 0 Å². The van der Waals surface area contributed by atoms with Gasteiger partial charge in [-0.1, -0.05) is 12.1 Å². The molecule has 80 valence electrons. The number of hydrogen-bond acceptors (Lipinski definition) is 4. The van der Waals surface area contributed by atoms with E-state index in [4.69, 9.17) is 21.1 Å². The molecule has 0 N–H and O–H groups in total. The van der Waals surface area contributed by atoms with Gasteiger partial charge in [0.15, 0.2) is 17.2 Å². The molecular weight excluding hydrogens is 228 g/mol. The minimum Gasteiger partial charge on any atom is -0.448 e. The molecule has 0 saturated carbocycles. The fraction of sp³-hybridized carbons (Fsp3) is 0.0909. The van der Waals surface area contributed by atoms with Crippen LogP contribution >= 0.6 is 11.6 Å². The standard InChI is InChI=1S/C11H7ClN2O2/c12-6-7-5-10-11(14-13-7)16-9-4-2-1-3-8(9)15-10/h1-5H,6H2. The Hall–Kier alpha value is -1.81. The zero-order valence-electron chi connectivity index (χ0n) is 8.18. The summed E-state index contributed by atoms with van der Waals surface area (Å²) < 4.78 is 11.2. The highest BCUT2D eigenvalue weighted by atomic mass is 35.5. The first-order valence-electron chi connectivity index (χ1n) is 4.74. The van der Waals surface area contributed by atoms with Crippen molar-refractivity contribution in [3.05, 3.63) is 36.0 Å². The van der Waals surface area contributed by atoms with Crippen LogP contribution in [0.3, 0.4) is 0 Å². The van der Waals surface area contributed by atoms with E-state index < -0.39 is 0 Å². The minimum atomic E-state index is 0.297. The van der Waals surface area contributed by atoms with Gasteiger partial charge in [-0.3, -0.25) is 0 Å². The lowest BCUT2D eigenvalue weighted by Crippen LogP contribution is -2.03. The van der Waals surface area contributed by atoms with E-state index in [1.807, 2.05) is 24.3 Å². The topological polar surface area (TPSA) is 44.2 Å². The van der Waals surface area contributed by atoms with Gasteiger partial charge in [-0.2, -0.15) is 5.10 Å². The minimum absolute atomic E-state index is 0.297. The van der Waals surface area contributed by atoms with Crippen LogP contribution in [0.2, 0.25) is 0 Å². The van der Waals surface area contributed by atoms with Gasteiger partial charge in [0.25, 0.3) is 5.88 Å². The van der Waals surface area contributed by atoms with E-state index in [9.17, 15) is 0 Å². The maximum absolute atomic E-state index is 5.67. The summed E-state index contributed by atoms with van der Waals surface area (Å²) in [6, 6.07) is 9.12. The van der Waals surface area contributed by atoms with E-state index in [2.05, 4.69) is 10.2 Å². The Morgan fingerprint density at radius 1 is 1.00 bits per heavy atom. The van der Waals surface area contributed by atoms with Crippen LogP contribution in [-0.4, -0.2) is 10.2 Å². The van der Waals surface area contributed by atoms with Crippen LogP contribution in [0.15, 0.2) is 30.3 Å². The molecule has 1 aliphatic rings. The maximum atomic E-state index is 5.67. The number of nitrogens with zero attached hydrogens (tertiary/aromatic N) is 2. The number of benzene rings is 1. The van der Waals surface area contributed by atoms with Gasteiger partial charge < -0.3 is 9.47 Å². The molecule has 2 heterocycles. The molecule has 16 heavy (non-hydrogen) atoms. The van der Waals surface area contributed by atoms with Crippen LogP contribution < -0.4 is 9.47 Å². The van der Waals surface area contributed by atoms with Gasteiger partial charge in [-0.15, -0.1) is 16.7 Å². The van der Waals surface area contributed by atoms with Crippen molar-refractivity contribution in [3.63, 3.8) is 0 Å². The third-order valence-corrected chi connectivity index (χ3v) is 2.46. The van der Waals surface area contributed by atoms with Crippen molar-refractivity contribution >= 4 is 11.6 Å². The Labute approximate surface area is 96.8 Å². The van der Waals surface area contributed by atoms with E-state index in [1.165, 1.54) is 0 Å². The lowest BCUT2D eigenvalue weighted by molar-refractivity contribution is 0.342. The first kappa shape index (κ1) is 9.42. The number of hydrogen-bond donors (Lipinski definition) is 0. The summed E-state index contributed by atoms with van der Waals surface area (Å²) in [5, 5.41) is 7.80. The molecule has 0 unspecified atom stereocenters. The SMILES string of the molecule is ClCc1cc2c(nn1)Oc1ccccc1O2. The lowest BCUT2D eigenvalue weighted by Gasteiger charge is -2.18.